The molecule has 1 N–H and O–H groups in total. The second kappa shape index (κ2) is 5.56. The molecule has 2 rings (SSSR count). The molecule has 0 fully saturated rings. The summed E-state index contributed by atoms with van der Waals surface area (Å²) in [5.74, 6) is -0.104. The topological polar surface area (TPSA) is 66.8 Å². The van der Waals surface area contributed by atoms with Crippen LogP contribution in [0.5, 0.6) is 0 Å². The summed E-state index contributed by atoms with van der Waals surface area (Å²) in [5.41, 5.74) is 2.46. The Balaban J connectivity index is 2.12. The van der Waals surface area contributed by atoms with E-state index in [1.807, 2.05) is 24.7 Å². The van der Waals surface area contributed by atoms with Gasteiger partial charge in [-0.15, -0.1) is 0 Å². The van der Waals surface area contributed by atoms with Crippen molar-refractivity contribution in [2.45, 2.75) is 26.9 Å². The summed E-state index contributed by atoms with van der Waals surface area (Å²) in [6, 6.07) is 0. The highest BCUT2D eigenvalue weighted by atomic mass is 79.9. The van der Waals surface area contributed by atoms with Crippen LogP contribution >= 0.6 is 15.9 Å². The number of aryl methyl sites for hydroxylation is 2. The zero-order valence-corrected chi connectivity index (χ0v) is 12.7. The van der Waals surface area contributed by atoms with Crippen LogP contribution in [0.25, 0.3) is 0 Å². The van der Waals surface area contributed by atoms with Gasteiger partial charge < -0.3 is 4.90 Å². The van der Waals surface area contributed by atoms with Gasteiger partial charge in [0.15, 0.2) is 0 Å². The number of nitrogens with one attached hydrogen (secondary N) is 1. The maximum Gasteiger partial charge on any atom is 0.273 e. The lowest BCUT2D eigenvalue weighted by atomic mass is 10.2. The van der Waals surface area contributed by atoms with Gasteiger partial charge in [0.25, 0.3) is 5.91 Å². The van der Waals surface area contributed by atoms with Crippen LogP contribution in [-0.4, -0.2) is 37.8 Å². The van der Waals surface area contributed by atoms with Gasteiger partial charge in [-0.2, -0.15) is 10.2 Å². The Hall–Kier alpha value is -1.63. The van der Waals surface area contributed by atoms with Crippen molar-refractivity contribution in [2.75, 3.05) is 7.05 Å². The molecule has 0 aliphatic heterocycles. The highest BCUT2D eigenvalue weighted by molar-refractivity contribution is 9.10. The van der Waals surface area contributed by atoms with Crippen molar-refractivity contribution in [1.82, 2.24) is 24.9 Å². The first kappa shape index (κ1) is 13.8. The lowest BCUT2D eigenvalue weighted by molar-refractivity contribution is 0.0778. The van der Waals surface area contributed by atoms with Crippen molar-refractivity contribution in [3.8, 4) is 0 Å². The Bertz CT molecular complexity index is 589. The summed E-state index contributed by atoms with van der Waals surface area (Å²) in [4.78, 5) is 13.9. The van der Waals surface area contributed by atoms with Crippen LogP contribution in [0.1, 0.15) is 28.7 Å². The van der Waals surface area contributed by atoms with Crippen LogP contribution in [0.2, 0.25) is 0 Å². The summed E-state index contributed by atoms with van der Waals surface area (Å²) in [7, 11) is 1.76. The summed E-state index contributed by atoms with van der Waals surface area (Å²) >= 11 is 3.29. The average molecular weight is 326 g/mol. The molecule has 19 heavy (non-hydrogen) atoms. The third-order valence-electron chi connectivity index (χ3n) is 2.93. The molecule has 0 radical (unpaired) electrons. The van der Waals surface area contributed by atoms with Crippen molar-refractivity contribution in [3.63, 3.8) is 0 Å². The van der Waals surface area contributed by atoms with E-state index in [-0.39, 0.29) is 5.91 Å². The van der Waals surface area contributed by atoms with Crippen LogP contribution < -0.4 is 0 Å². The molecule has 2 aromatic heterocycles. The molecule has 0 saturated carbocycles. The minimum atomic E-state index is -0.104. The van der Waals surface area contributed by atoms with Gasteiger partial charge in [-0.05, 0) is 29.8 Å². The molecule has 7 heteroatoms. The predicted molar refractivity (Wildman–Crippen MR) is 74.7 cm³/mol. The molecule has 0 atom stereocenters. The van der Waals surface area contributed by atoms with Gasteiger partial charge >= 0.3 is 0 Å². The van der Waals surface area contributed by atoms with Gasteiger partial charge in [0.1, 0.15) is 5.69 Å². The number of hydrogen-bond acceptors (Lipinski definition) is 3. The van der Waals surface area contributed by atoms with E-state index in [0.29, 0.717) is 16.7 Å². The molecule has 0 unspecified atom stereocenters. The zero-order chi connectivity index (χ0) is 14.0. The lowest BCUT2D eigenvalue weighted by Gasteiger charge is -2.15. The van der Waals surface area contributed by atoms with Gasteiger partial charge in [0.2, 0.25) is 0 Å². The molecule has 2 aromatic rings. The first-order chi connectivity index (χ1) is 9.02. The van der Waals surface area contributed by atoms with Crippen LogP contribution in [0, 0.1) is 6.92 Å². The van der Waals surface area contributed by atoms with E-state index in [0.717, 1.165) is 17.8 Å². The fourth-order valence-corrected chi connectivity index (χ4v) is 2.18. The van der Waals surface area contributed by atoms with Crippen molar-refractivity contribution in [2.24, 2.45) is 0 Å². The Labute approximate surface area is 119 Å². The average Bonchev–Trinajstić information content (AvgIpc) is 2.95. The summed E-state index contributed by atoms with van der Waals surface area (Å²) in [6.45, 7) is 5.33. The predicted octanol–water partition coefficient (Wildman–Crippen LogP) is 1.97. The smallest absolute Gasteiger partial charge is 0.273 e. The van der Waals surface area contributed by atoms with Crippen molar-refractivity contribution >= 4 is 21.8 Å². The van der Waals surface area contributed by atoms with Gasteiger partial charge in [0.05, 0.1) is 16.4 Å². The number of nitrogens with zero attached hydrogens (tertiary/aromatic N) is 4. The number of carbonyl (C=O) groups is 1. The van der Waals surface area contributed by atoms with Crippen molar-refractivity contribution in [3.05, 3.63) is 33.8 Å². The van der Waals surface area contributed by atoms with Crippen molar-refractivity contribution in [1.29, 1.82) is 0 Å². The summed E-state index contributed by atoms with van der Waals surface area (Å²) in [5, 5.41) is 10.9. The molecule has 6 nitrogen and oxygen atoms in total. The van der Waals surface area contributed by atoms with E-state index in [9.17, 15) is 4.79 Å². The zero-order valence-electron chi connectivity index (χ0n) is 11.1. The molecular weight excluding hydrogens is 310 g/mol. The second-order valence-corrected chi connectivity index (χ2v) is 5.20. The number of hydrogen-bond donors (Lipinski definition) is 1. The standard InChI is InChI=1S/C12H16BrN5O/c1-4-18-7-9(8(2)16-18)6-17(3)12(19)11-10(13)5-14-15-11/h5,7H,4,6H2,1-3H3,(H,14,15). The van der Waals surface area contributed by atoms with Gasteiger partial charge in [-0.3, -0.25) is 14.6 Å². The van der Waals surface area contributed by atoms with E-state index in [2.05, 4.69) is 31.2 Å². The normalized spacial score (nSPS) is 10.7. The summed E-state index contributed by atoms with van der Waals surface area (Å²) in [6.07, 6.45) is 3.54. The number of H-pyrrole nitrogens is 1. The number of halogens is 1. The second-order valence-electron chi connectivity index (χ2n) is 4.35. The quantitative estimate of drug-likeness (QED) is 0.934. The van der Waals surface area contributed by atoms with E-state index in [1.165, 1.54) is 0 Å². The summed E-state index contributed by atoms with van der Waals surface area (Å²) < 4.78 is 2.54. The van der Waals surface area contributed by atoms with Crippen LogP contribution in [0.15, 0.2) is 16.9 Å². The third kappa shape index (κ3) is 2.86. The Kier molecular flexibility index (Phi) is 4.04. The third-order valence-corrected chi connectivity index (χ3v) is 3.53. The van der Waals surface area contributed by atoms with Crippen LogP contribution in [0.3, 0.4) is 0 Å². The minimum absolute atomic E-state index is 0.104. The number of aromatic nitrogens is 4. The number of aromatic amines is 1. The largest absolute Gasteiger partial charge is 0.336 e. The monoisotopic (exact) mass is 325 g/mol. The highest BCUT2D eigenvalue weighted by Crippen LogP contribution is 2.16. The lowest BCUT2D eigenvalue weighted by Crippen LogP contribution is -2.27. The van der Waals surface area contributed by atoms with Gasteiger partial charge in [-0.25, -0.2) is 0 Å². The van der Waals surface area contributed by atoms with E-state index in [4.69, 9.17) is 0 Å². The fraction of sp³-hybridized carbons (Fsp3) is 0.417. The molecular formula is C12H16BrN5O. The molecule has 0 aliphatic rings. The Morgan fingerprint density at radius 2 is 2.32 bits per heavy atom. The molecule has 0 bridgehead atoms. The molecule has 0 saturated heterocycles. The maximum atomic E-state index is 12.2. The SMILES string of the molecule is CCn1cc(CN(C)C(=O)c2[nH]ncc2Br)c(C)n1. The Morgan fingerprint density at radius 1 is 1.58 bits per heavy atom. The van der Waals surface area contributed by atoms with Crippen molar-refractivity contribution < 1.29 is 4.79 Å². The first-order valence-electron chi connectivity index (χ1n) is 6.00. The number of rotatable bonds is 4. The number of carbonyl (C=O) groups excluding carboxylic acids is 1. The molecule has 0 aliphatic carbocycles. The van der Waals surface area contributed by atoms with Gasteiger partial charge in [-0.1, -0.05) is 0 Å². The van der Waals surface area contributed by atoms with E-state index in [1.54, 1.807) is 18.1 Å². The highest BCUT2D eigenvalue weighted by Gasteiger charge is 2.18. The molecule has 102 valence electrons. The van der Waals surface area contributed by atoms with Crippen LogP contribution in [-0.2, 0) is 13.1 Å². The minimum Gasteiger partial charge on any atom is -0.336 e. The number of amides is 1. The van der Waals surface area contributed by atoms with Gasteiger partial charge in [0, 0.05) is 31.9 Å². The molecule has 1 amide bonds. The van der Waals surface area contributed by atoms with E-state index >= 15 is 0 Å². The molecule has 0 aromatic carbocycles. The maximum absolute atomic E-state index is 12.2. The molecule has 0 spiro atoms. The first-order valence-corrected chi connectivity index (χ1v) is 6.79. The van der Waals surface area contributed by atoms with Crippen LogP contribution in [0.4, 0.5) is 0 Å². The Morgan fingerprint density at radius 3 is 2.84 bits per heavy atom. The van der Waals surface area contributed by atoms with E-state index < -0.39 is 0 Å². The molecule has 2 heterocycles. The fourth-order valence-electron chi connectivity index (χ4n) is 1.82.